The number of hydrogen-bond acceptors (Lipinski definition) is 3. The fourth-order valence-electron chi connectivity index (χ4n) is 0.800. The van der Waals surface area contributed by atoms with E-state index in [-0.39, 0.29) is 5.78 Å². The molecule has 0 aromatic carbocycles. The summed E-state index contributed by atoms with van der Waals surface area (Å²) in [6.45, 7) is 3.43. The predicted octanol–water partition coefficient (Wildman–Crippen LogP) is 1.50. The van der Waals surface area contributed by atoms with Gasteiger partial charge in [-0.15, -0.1) is 0 Å². The van der Waals surface area contributed by atoms with E-state index in [1.807, 2.05) is 6.92 Å². The molecule has 0 saturated carbocycles. The van der Waals surface area contributed by atoms with Gasteiger partial charge in [0, 0.05) is 12.8 Å². The molecule has 0 atom stereocenters. The van der Waals surface area contributed by atoms with E-state index in [1.54, 1.807) is 13.2 Å². The molecular weight excluding hydrogens is 142 g/mol. The van der Waals surface area contributed by atoms with Crippen LogP contribution in [0.1, 0.15) is 24.9 Å². The molecule has 1 rings (SSSR count). The topological polar surface area (TPSA) is 43.1 Å². The number of ketones is 1. The maximum atomic E-state index is 10.6. The standard InChI is InChI=1S/C8H11NO2/c1-6-5-11-8(9-6)4-3-7(2)10/h5H,3-4H2,1-2H3. The molecule has 0 bridgehead atoms. The van der Waals surface area contributed by atoms with Gasteiger partial charge in [0.25, 0.3) is 0 Å². The summed E-state index contributed by atoms with van der Waals surface area (Å²) in [5.41, 5.74) is 0.864. The van der Waals surface area contributed by atoms with Gasteiger partial charge in [0.2, 0.25) is 0 Å². The van der Waals surface area contributed by atoms with Crippen molar-refractivity contribution in [2.75, 3.05) is 0 Å². The van der Waals surface area contributed by atoms with Crippen molar-refractivity contribution < 1.29 is 9.21 Å². The van der Waals surface area contributed by atoms with Gasteiger partial charge in [0.05, 0.1) is 5.69 Å². The van der Waals surface area contributed by atoms with Crippen molar-refractivity contribution in [2.45, 2.75) is 26.7 Å². The molecule has 3 heteroatoms. The lowest BCUT2D eigenvalue weighted by Crippen LogP contribution is -1.93. The molecule has 0 fully saturated rings. The summed E-state index contributed by atoms with van der Waals surface area (Å²) < 4.78 is 5.05. The number of nitrogens with zero attached hydrogens (tertiary/aromatic N) is 1. The van der Waals surface area contributed by atoms with Crippen LogP contribution in [0.3, 0.4) is 0 Å². The second kappa shape index (κ2) is 3.32. The minimum absolute atomic E-state index is 0.167. The number of carbonyl (C=O) groups excluding carboxylic acids is 1. The Balaban J connectivity index is 2.45. The van der Waals surface area contributed by atoms with Crippen molar-refractivity contribution in [3.63, 3.8) is 0 Å². The summed E-state index contributed by atoms with van der Waals surface area (Å²) in [7, 11) is 0. The Kier molecular flexibility index (Phi) is 2.41. The van der Waals surface area contributed by atoms with Crippen LogP contribution < -0.4 is 0 Å². The molecule has 0 spiro atoms. The van der Waals surface area contributed by atoms with Gasteiger partial charge in [0.15, 0.2) is 5.89 Å². The van der Waals surface area contributed by atoms with Crippen molar-refractivity contribution in [3.05, 3.63) is 17.8 Å². The van der Waals surface area contributed by atoms with Gasteiger partial charge in [0.1, 0.15) is 12.0 Å². The second-order valence-electron chi connectivity index (χ2n) is 2.58. The molecule has 0 saturated heterocycles. The van der Waals surface area contributed by atoms with Gasteiger partial charge in [-0.3, -0.25) is 0 Å². The van der Waals surface area contributed by atoms with Crippen LogP contribution >= 0.6 is 0 Å². The van der Waals surface area contributed by atoms with Crippen LogP contribution in [0.15, 0.2) is 10.7 Å². The normalized spacial score (nSPS) is 10.0. The number of hydrogen-bond donors (Lipinski definition) is 0. The molecule has 0 amide bonds. The Labute approximate surface area is 65.4 Å². The molecule has 11 heavy (non-hydrogen) atoms. The van der Waals surface area contributed by atoms with Crippen LogP contribution in [0.5, 0.6) is 0 Å². The Morgan fingerprint density at radius 1 is 1.73 bits per heavy atom. The molecule has 0 aliphatic heterocycles. The number of aryl methyl sites for hydroxylation is 2. The van der Waals surface area contributed by atoms with Crippen molar-refractivity contribution in [1.29, 1.82) is 0 Å². The van der Waals surface area contributed by atoms with Crippen LogP contribution in [0, 0.1) is 6.92 Å². The average Bonchev–Trinajstić information content (AvgIpc) is 2.31. The number of carbonyl (C=O) groups is 1. The largest absolute Gasteiger partial charge is 0.449 e. The number of rotatable bonds is 3. The molecule has 60 valence electrons. The van der Waals surface area contributed by atoms with Crippen molar-refractivity contribution in [2.24, 2.45) is 0 Å². The lowest BCUT2D eigenvalue weighted by molar-refractivity contribution is -0.117. The third kappa shape index (κ3) is 2.53. The van der Waals surface area contributed by atoms with Crippen LogP contribution in [0.25, 0.3) is 0 Å². The molecule has 0 aliphatic rings. The van der Waals surface area contributed by atoms with Gasteiger partial charge < -0.3 is 9.21 Å². The molecule has 0 aliphatic carbocycles. The van der Waals surface area contributed by atoms with Gasteiger partial charge >= 0.3 is 0 Å². The molecule has 1 aromatic heterocycles. The zero-order chi connectivity index (χ0) is 8.27. The summed E-state index contributed by atoms with van der Waals surface area (Å²) in [5.74, 6) is 0.818. The highest BCUT2D eigenvalue weighted by molar-refractivity contribution is 5.75. The van der Waals surface area contributed by atoms with E-state index < -0.39 is 0 Å². The van der Waals surface area contributed by atoms with E-state index in [1.165, 1.54) is 0 Å². The van der Waals surface area contributed by atoms with Gasteiger partial charge in [-0.05, 0) is 13.8 Å². The summed E-state index contributed by atoms with van der Waals surface area (Å²) >= 11 is 0. The van der Waals surface area contributed by atoms with E-state index >= 15 is 0 Å². The molecule has 1 heterocycles. The maximum absolute atomic E-state index is 10.6. The fourth-order valence-corrected chi connectivity index (χ4v) is 0.800. The second-order valence-corrected chi connectivity index (χ2v) is 2.58. The predicted molar refractivity (Wildman–Crippen MR) is 40.2 cm³/mol. The first-order chi connectivity index (χ1) is 5.18. The van der Waals surface area contributed by atoms with Crippen LogP contribution in [0.2, 0.25) is 0 Å². The molecular formula is C8H11NO2. The summed E-state index contributed by atoms with van der Waals surface area (Å²) in [4.78, 5) is 14.6. The van der Waals surface area contributed by atoms with Crippen LogP contribution in [-0.2, 0) is 11.2 Å². The first-order valence-corrected chi connectivity index (χ1v) is 3.59. The van der Waals surface area contributed by atoms with E-state index in [9.17, 15) is 4.79 Å². The lowest BCUT2D eigenvalue weighted by atomic mass is 10.2. The van der Waals surface area contributed by atoms with Gasteiger partial charge in [-0.1, -0.05) is 0 Å². The van der Waals surface area contributed by atoms with E-state index in [4.69, 9.17) is 4.42 Å². The van der Waals surface area contributed by atoms with E-state index in [0.717, 1.165) is 5.69 Å². The molecule has 3 nitrogen and oxygen atoms in total. The van der Waals surface area contributed by atoms with E-state index in [2.05, 4.69) is 4.98 Å². The van der Waals surface area contributed by atoms with Crippen LogP contribution in [0.4, 0.5) is 0 Å². The molecule has 0 N–H and O–H groups in total. The number of Topliss-reactive ketones (excluding diaryl/α,β-unsaturated/α-hetero) is 1. The van der Waals surface area contributed by atoms with Gasteiger partial charge in [-0.25, -0.2) is 4.98 Å². The van der Waals surface area contributed by atoms with Crippen molar-refractivity contribution >= 4 is 5.78 Å². The van der Waals surface area contributed by atoms with Gasteiger partial charge in [-0.2, -0.15) is 0 Å². The van der Waals surface area contributed by atoms with E-state index in [0.29, 0.717) is 18.7 Å². The third-order valence-electron chi connectivity index (χ3n) is 1.36. The number of oxazole rings is 1. The SMILES string of the molecule is CC(=O)CCc1nc(C)co1. The molecule has 0 radical (unpaired) electrons. The Hall–Kier alpha value is -1.12. The smallest absolute Gasteiger partial charge is 0.194 e. The average molecular weight is 153 g/mol. The summed E-state index contributed by atoms with van der Waals surface area (Å²) in [5, 5.41) is 0. The highest BCUT2D eigenvalue weighted by atomic mass is 16.3. The Bertz CT molecular complexity index is 252. The summed E-state index contributed by atoms with van der Waals surface area (Å²) in [6, 6.07) is 0. The third-order valence-corrected chi connectivity index (χ3v) is 1.36. The zero-order valence-electron chi connectivity index (χ0n) is 6.76. The molecule has 0 unspecified atom stereocenters. The first kappa shape index (κ1) is 7.98. The van der Waals surface area contributed by atoms with Crippen LogP contribution in [-0.4, -0.2) is 10.8 Å². The monoisotopic (exact) mass is 153 g/mol. The van der Waals surface area contributed by atoms with Crippen molar-refractivity contribution in [1.82, 2.24) is 4.98 Å². The fraction of sp³-hybridized carbons (Fsp3) is 0.500. The highest BCUT2D eigenvalue weighted by Gasteiger charge is 2.01. The quantitative estimate of drug-likeness (QED) is 0.661. The minimum atomic E-state index is 0.167. The summed E-state index contributed by atoms with van der Waals surface area (Å²) in [6.07, 6.45) is 2.72. The minimum Gasteiger partial charge on any atom is -0.449 e. The Morgan fingerprint density at radius 3 is 2.91 bits per heavy atom. The van der Waals surface area contributed by atoms with Crippen molar-refractivity contribution in [3.8, 4) is 0 Å². The maximum Gasteiger partial charge on any atom is 0.194 e. The lowest BCUT2D eigenvalue weighted by Gasteiger charge is -1.89. The highest BCUT2D eigenvalue weighted by Crippen LogP contribution is 2.03. The zero-order valence-corrected chi connectivity index (χ0v) is 6.76. The molecule has 1 aromatic rings. The first-order valence-electron chi connectivity index (χ1n) is 3.59. The Morgan fingerprint density at radius 2 is 2.45 bits per heavy atom. The number of aromatic nitrogens is 1.